The van der Waals surface area contributed by atoms with Crippen LogP contribution in [0.1, 0.15) is 33.6 Å². The van der Waals surface area contributed by atoms with Crippen LogP contribution in [0.4, 0.5) is 5.95 Å². The summed E-state index contributed by atoms with van der Waals surface area (Å²) in [6.07, 6.45) is 6.14. The molecule has 0 aromatic carbocycles. The van der Waals surface area contributed by atoms with Crippen LogP contribution in [0, 0.1) is 0 Å². The van der Waals surface area contributed by atoms with Gasteiger partial charge in [0.1, 0.15) is 0 Å². The zero-order valence-corrected chi connectivity index (χ0v) is 10.4. The first-order valence-electron chi connectivity index (χ1n) is 6.01. The summed E-state index contributed by atoms with van der Waals surface area (Å²) < 4.78 is 7.94. The molecule has 0 radical (unpaired) electrons. The highest BCUT2D eigenvalue weighted by Gasteiger charge is 2.30. The van der Waals surface area contributed by atoms with Gasteiger partial charge >= 0.3 is 0 Å². The average molecular weight is 223 g/mol. The van der Waals surface area contributed by atoms with Gasteiger partial charge in [0.15, 0.2) is 0 Å². The van der Waals surface area contributed by atoms with Gasteiger partial charge in [-0.2, -0.15) is 0 Å². The molecule has 1 aliphatic rings. The van der Waals surface area contributed by atoms with Crippen molar-refractivity contribution in [1.29, 1.82) is 0 Å². The van der Waals surface area contributed by atoms with Crippen LogP contribution in [0.3, 0.4) is 0 Å². The molecular weight excluding hydrogens is 202 g/mol. The monoisotopic (exact) mass is 223 g/mol. The van der Waals surface area contributed by atoms with Crippen LogP contribution in [0.15, 0.2) is 12.4 Å². The number of imidazole rings is 1. The highest BCUT2D eigenvalue weighted by atomic mass is 16.5. The summed E-state index contributed by atoms with van der Waals surface area (Å²) in [7, 11) is 0. The minimum Gasteiger partial charge on any atom is -0.373 e. The molecule has 0 spiro atoms. The Hall–Kier alpha value is -1.03. The van der Waals surface area contributed by atoms with Gasteiger partial charge in [0.2, 0.25) is 5.95 Å². The number of nitrogens with zero attached hydrogens (tertiary/aromatic N) is 2. The smallest absolute Gasteiger partial charge is 0.203 e. The van der Waals surface area contributed by atoms with Crippen LogP contribution in [-0.4, -0.2) is 27.8 Å². The first-order chi connectivity index (χ1) is 7.59. The second kappa shape index (κ2) is 4.45. The van der Waals surface area contributed by atoms with E-state index < -0.39 is 0 Å². The lowest BCUT2D eigenvalue weighted by Crippen LogP contribution is -2.30. The summed E-state index contributed by atoms with van der Waals surface area (Å²) in [6, 6.07) is 0.401. The largest absolute Gasteiger partial charge is 0.373 e. The van der Waals surface area contributed by atoms with Crippen molar-refractivity contribution < 1.29 is 4.74 Å². The number of ether oxygens (including phenoxy) is 1. The van der Waals surface area contributed by atoms with Crippen LogP contribution < -0.4 is 5.32 Å². The number of rotatable bonds is 4. The summed E-state index contributed by atoms with van der Waals surface area (Å²) in [4.78, 5) is 4.33. The van der Waals surface area contributed by atoms with Gasteiger partial charge in [-0.15, -0.1) is 0 Å². The zero-order valence-electron chi connectivity index (χ0n) is 10.4. The van der Waals surface area contributed by atoms with Gasteiger partial charge in [-0.1, -0.05) is 0 Å². The second-order valence-corrected chi connectivity index (χ2v) is 5.08. The lowest BCUT2D eigenvalue weighted by atomic mass is 10.0. The van der Waals surface area contributed by atoms with Gasteiger partial charge in [-0.05, 0) is 33.6 Å². The maximum Gasteiger partial charge on any atom is 0.203 e. The zero-order chi connectivity index (χ0) is 11.6. The number of nitrogens with one attached hydrogen (secondary N) is 1. The Kier molecular flexibility index (Phi) is 3.19. The summed E-state index contributed by atoms with van der Waals surface area (Å²) >= 11 is 0. The Morgan fingerprint density at radius 3 is 3.06 bits per heavy atom. The molecule has 1 fully saturated rings. The third-order valence-corrected chi connectivity index (χ3v) is 2.94. The van der Waals surface area contributed by atoms with Crippen molar-refractivity contribution in [3.63, 3.8) is 0 Å². The van der Waals surface area contributed by atoms with E-state index in [1.54, 1.807) is 0 Å². The third kappa shape index (κ3) is 2.55. The van der Waals surface area contributed by atoms with Crippen LogP contribution in [0.25, 0.3) is 0 Å². The molecule has 1 N–H and O–H groups in total. The maximum absolute atomic E-state index is 5.80. The second-order valence-electron chi connectivity index (χ2n) is 5.08. The van der Waals surface area contributed by atoms with Crippen LogP contribution >= 0.6 is 0 Å². The third-order valence-electron chi connectivity index (χ3n) is 2.94. The molecule has 1 aromatic heterocycles. The average Bonchev–Trinajstić information content (AvgIpc) is 2.77. The predicted octanol–water partition coefficient (Wildman–Crippen LogP) is 2.27. The predicted molar refractivity (Wildman–Crippen MR) is 64.6 cm³/mol. The van der Waals surface area contributed by atoms with E-state index in [4.69, 9.17) is 4.74 Å². The summed E-state index contributed by atoms with van der Waals surface area (Å²) in [6.45, 7) is 8.18. The quantitative estimate of drug-likeness (QED) is 0.851. The maximum atomic E-state index is 5.80. The molecule has 4 heteroatoms. The Labute approximate surface area is 97.0 Å². The topological polar surface area (TPSA) is 39.1 Å². The Morgan fingerprint density at radius 2 is 2.44 bits per heavy atom. The molecule has 0 bridgehead atoms. The normalized spacial score (nSPS) is 25.2. The number of hydrogen-bond acceptors (Lipinski definition) is 3. The van der Waals surface area contributed by atoms with Gasteiger partial charge in [-0.3, -0.25) is 0 Å². The summed E-state index contributed by atoms with van der Waals surface area (Å²) in [5.74, 6) is 0.937. The van der Waals surface area contributed by atoms with Crippen molar-refractivity contribution in [2.75, 3.05) is 11.9 Å². The van der Waals surface area contributed by atoms with Gasteiger partial charge in [0.05, 0.1) is 12.1 Å². The molecule has 4 nitrogen and oxygen atoms in total. The Morgan fingerprint density at radius 1 is 1.62 bits per heavy atom. The van der Waals surface area contributed by atoms with Crippen molar-refractivity contribution in [2.45, 2.75) is 51.8 Å². The molecule has 1 aromatic rings. The minimum absolute atomic E-state index is 0.0197. The van der Waals surface area contributed by atoms with Crippen LogP contribution in [-0.2, 0) is 11.3 Å². The van der Waals surface area contributed by atoms with Gasteiger partial charge in [0.25, 0.3) is 0 Å². The molecule has 16 heavy (non-hydrogen) atoms. The van der Waals surface area contributed by atoms with Gasteiger partial charge < -0.3 is 14.6 Å². The van der Waals surface area contributed by atoms with E-state index in [1.165, 1.54) is 0 Å². The van der Waals surface area contributed by atoms with E-state index in [2.05, 4.69) is 35.6 Å². The molecule has 2 heterocycles. The molecule has 90 valence electrons. The summed E-state index contributed by atoms with van der Waals surface area (Å²) in [5.41, 5.74) is -0.0197. The lowest BCUT2D eigenvalue weighted by Gasteiger charge is -2.25. The van der Waals surface area contributed by atoms with E-state index in [0.29, 0.717) is 6.04 Å². The molecule has 0 amide bonds. The molecule has 1 saturated heterocycles. The fourth-order valence-electron chi connectivity index (χ4n) is 2.16. The van der Waals surface area contributed by atoms with Crippen LogP contribution in [0.2, 0.25) is 0 Å². The van der Waals surface area contributed by atoms with Crippen molar-refractivity contribution >= 4 is 5.95 Å². The van der Waals surface area contributed by atoms with Crippen molar-refractivity contribution in [2.24, 2.45) is 0 Å². The number of aromatic nitrogens is 2. The van der Waals surface area contributed by atoms with Crippen molar-refractivity contribution in [1.82, 2.24) is 9.55 Å². The van der Waals surface area contributed by atoms with Gasteiger partial charge in [0, 0.05) is 25.0 Å². The first kappa shape index (κ1) is 11.5. The molecular formula is C12H21N3O. The van der Waals surface area contributed by atoms with Crippen molar-refractivity contribution in [3.05, 3.63) is 12.4 Å². The van der Waals surface area contributed by atoms with Crippen LogP contribution in [0.5, 0.6) is 0 Å². The molecule has 1 aliphatic heterocycles. The first-order valence-corrected chi connectivity index (χ1v) is 6.01. The molecule has 0 saturated carbocycles. The SMILES string of the molecule is CC(C)Nc1nccn1CC1(C)CCCO1. The lowest BCUT2D eigenvalue weighted by molar-refractivity contribution is 0.00662. The van der Waals surface area contributed by atoms with E-state index in [9.17, 15) is 0 Å². The fraction of sp³-hybridized carbons (Fsp3) is 0.750. The van der Waals surface area contributed by atoms with E-state index in [-0.39, 0.29) is 5.60 Å². The molecule has 1 atom stereocenters. The highest BCUT2D eigenvalue weighted by molar-refractivity contribution is 5.27. The fourth-order valence-corrected chi connectivity index (χ4v) is 2.16. The standard InChI is InChI=1S/C12H21N3O/c1-10(2)14-11-13-6-7-15(11)9-12(3)5-4-8-16-12/h6-7,10H,4-5,8-9H2,1-3H3,(H,13,14). The van der Waals surface area contributed by atoms with E-state index in [0.717, 1.165) is 31.9 Å². The Balaban J connectivity index is 2.06. The Bertz CT molecular complexity index is 340. The molecule has 0 aliphatic carbocycles. The van der Waals surface area contributed by atoms with E-state index in [1.807, 2.05) is 12.4 Å². The van der Waals surface area contributed by atoms with E-state index >= 15 is 0 Å². The number of anilines is 1. The van der Waals surface area contributed by atoms with Crippen molar-refractivity contribution in [3.8, 4) is 0 Å². The molecule has 1 unspecified atom stereocenters. The highest BCUT2D eigenvalue weighted by Crippen LogP contribution is 2.27. The minimum atomic E-state index is -0.0197. The molecule has 2 rings (SSSR count). The number of hydrogen-bond donors (Lipinski definition) is 1. The summed E-state index contributed by atoms with van der Waals surface area (Å²) in [5, 5.41) is 3.34. The van der Waals surface area contributed by atoms with Gasteiger partial charge in [-0.25, -0.2) is 4.98 Å².